The molecule has 3 heterocycles. The Morgan fingerprint density at radius 2 is 2.06 bits per heavy atom. The molecule has 0 atom stereocenters. The fraction of sp³-hybridized carbons (Fsp3) is 0.292. The minimum atomic E-state index is -0.467. The lowest BCUT2D eigenvalue weighted by molar-refractivity contribution is 0.0527. The summed E-state index contributed by atoms with van der Waals surface area (Å²) < 4.78 is 12.7. The maximum atomic E-state index is 12.4. The minimum Gasteiger partial charge on any atom is -0.491 e. The molecule has 4 aromatic rings. The maximum absolute atomic E-state index is 12.4. The van der Waals surface area contributed by atoms with E-state index in [1.165, 1.54) is 19.0 Å². The molecule has 0 unspecified atom stereocenters. The third-order valence-electron chi connectivity index (χ3n) is 5.54. The van der Waals surface area contributed by atoms with E-state index >= 15 is 0 Å². The van der Waals surface area contributed by atoms with Gasteiger partial charge in [0, 0.05) is 24.3 Å². The number of para-hydroxylation sites is 1. The van der Waals surface area contributed by atoms with E-state index in [0.717, 1.165) is 17.4 Å². The zero-order chi connectivity index (χ0) is 22.8. The summed E-state index contributed by atoms with van der Waals surface area (Å²) in [5, 5.41) is 9.03. The van der Waals surface area contributed by atoms with Gasteiger partial charge in [-0.05, 0) is 37.8 Å². The number of carbonyl (C=O) groups excluding carboxylic acids is 1. The van der Waals surface area contributed by atoms with Crippen LogP contribution in [-0.4, -0.2) is 44.4 Å². The number of hydrogen-bond acceptors (Lipinski definition) is 8. The highest BCUT2D eigenvalue weighted by atomic mass is 16.5. The molecule has 3 aromatic heterocycles. The average Bonchev–Trinajstić information content (AvgIpc) is 3.59. The van der Waals surface area contributed by atoms with Gasteiger partial charge < -0.3 is 14.8 Å². The molecule has 1 fully saturated rings. The van der Waals surface area contributed by atoms with Crippen molar-refractivity contribution in [2.45, 2.75) is 26.3 Å². The number of fused-ring (bicyclic) bond motifs is 1. The average molecular weight is 444 g/mol. The van der Waals surface area contributed by atoms with Crippen LogP contribution in [-0.2, 0) is 11.3 Å². The topological polar surface area (TPSA) is 104 Å². The van der Waals surface area contributed by atoms with Crippen molar-refractivity contribution in [1.82, 2.24) is 24.7 Å². The van der Waals surface area contributed by atoms with Gasteiger partial charge in [0.15, 0.2) is 17.4 Å². The van der Waals surface area contributed by atoms with Crippen LogP contribution in [0.25, 0.3) is 22.4 Å². The van der Waals surface area contributed by atoms with E-state index in [-0.39, 0.29) is 6.61 Å². The number of nitrogens with one attached hydrogen (secondary N) is 1. The minimum absolute atomic E-state index is 0.269. The fourth-order valence-corrected chi connectivity index (χ4v) is 3.70. The Balaban J connectivity index is 1.55. The quantitative estimate of drug-likeness (QED) is 0.403. The van der Waals surface area contributed by atoms with Crippen molar-refractivity contribution in [3.05, 3.63) is 54.5 Å². The molecule has 1 aliphatic rings. The smallest absolute Gasteiger partial charge is 0.341 e. The highest BCUT2D eigenvalue weighted by molar-refractivity contribution is 5.96. The molecule has 33 heavy (non-hydrogen) atoms. The Kier molecular flexibility index (Phi) is 5.60. The van der Waals surface area contributed by atoms with Crippen molar-refractivity contribution in [1.29, 1.82) is 0 Å². The standard InChI is InChI=1S/C24H24N6O3/c1-3-33-24(31)17-12-25-11-10-18(17)27-22-20(32-2)13-26-23(28-22)21-16-6-4-5-7-19(16)30(29-21)14-15-8-9-15/h4-7,10-13,15H,3,8-9,14H2,1-2H3,(H,25,26,27,28). The van der Waals surface area contributed by atoms with Crippen LogP contribution in [0.1, 0.15) is 30.1 Å². The van der Waals surface area contributed by atoms with Gasteiger partial charge in [-0.15, -0.1) is 0 Å². The van der Waals surface area contributed by atoms with Crippen LogP contribution < -0.4 is 10.1 Å². The van der Waals surface area contributed by atoms with Crippen LogP contribution in [0, 0.1) is 5.92 Å². The first-order valence-electron chi connectivity index (χ1n) is 10.9. The summed E-state index contributed by atoms with van der Waals surface area (Å²) in [5.74, 6) is 1.54. The SMILES string of the molecule is CCOC(=O)c1cnccc1Nc1nc(-c2nn(CC3CC3)c3ccccc23)ncc1OC. The first-order valence-corrected chi connectivity index (χ1v) is 10.9. The third-order valence-corrected chi connectivity index (χ3v) is 5.54. The summed E-state index contributed by atoms with van der Waals surface area (Å²) in [5.41, 5.74) is 2.58. The number of esters is 1. The molecule has 1 aliphatic carbocycles. The number of aromatic nitrogens is 5. The van der Waals surface area contributed by atoms with E-state index in [9.17, 15) is 4.79 Å². The second-order valence-electron chi connectivity index (χ2n) is 7.87. The summed E-state index contributed by atoms with van der Waals surface area (Å²) >= 11 is 0. The number of hydrogen-bond donors (Lipinski definition) is 1. The van der Waals surface area contributed by atoms with Gasteiger partial charge in [-0.1, -0.05) is 18.2 Å². The maximum Gasteiger partial charge on any atom is 0.341 e. The lowest BCUT2D eigenvalue weighted by atomic mass is 10.2. The number of ether oxygens (including phenoxy) is 2. The van der Waals surface area contributed by atoms with Gasteiger partial charge in [-0.2, -0.15) is 5.10 Å². The second-order valence-corrected chi connectivity index (χ2v) is 7.87. The molecular formula is C24H24N6O3. The summed E-state index contributed by atoms with van der Waals surface area (Å²) in [6, 6.07) is 9.79. The van der Waals surface area contributed by atoms with Crippen molar-refractivity contribution < 1.29 is 14.3 Å². The summed E-state index contributed by atoms with van der Waals surface area (Å²) in [4.78, 5) is 25.6. The molecule has 5 rings (SSSR count). The monoisotopic (exact) mass is 444 g/mol. The van der Waals surface area contributed by atoms with E-state index < -0.39 is 5.97 Å². The van der Waals surface area contributed by atoms with Gasteiger partial charge in [0.2, 0.25) is 0 Å². The summed E-state index contributed by atoms with van der Waals surface area (Å²) in [6.45, 7) is 2.92. The molecule has 1 N–H and O–H groups in total. The predicted molar refractivity (Wildman–Crippen MR) is 124 cm³/mol. The number of rotatable bonds is 8. The second kappa shape index (κ2) is 8.85. The molecule has 0 radical (unpaired) electrons. The van der Waals surface area contributed by atoms with Crippen molar-refractivity contribution in [2.75, 3.05) is 19.0 Å². The van der Waals surface area contributed by atoms with Gasteiger partial charge in [-0.25, -0.2) is 14.8 Å². The Hall–Kier alpha value is -4.01. The Morgan fingerprint density at radius 1 is 1.21 bits per heavy atom. The molecule has 9 heteroatoms. The number of methoxy groups -OCH3 is 1. The van der Waals surface area contributed by atoms with E-state index in [0.29, 0.717) is 40.3 Å². The van der Waals surface area contributed by atoms with Crippen molar-refractivity contribution in [3.63, 3.8) is 0 Å². The predicted octanol–water partition coefficient (Wildman–Crippen LogP) is 4.23. The van der Waals surface area contributed by atoms with Crippen molar-refractivity contribution >= 4 is 28.4 Å². The highest BCUT2D eigenvalue weighted by Crippen LogP contribution is 2.34. The van der Waals surface area contributed by atoms with E-state index in [1.54, 1.807) is 32.5 Å². The summed E-state index contributed by atoms with van der Waals surface area (Å²) in [7, 11) is 1.54. The number of carbonyl (C=O) groups is 1. The fourth-order valence-electron chi connectivity index (χ4n) is 3.70. The summed E-state index contributed by atoms with van der Waals surface area (Å²) in [6.07, 6.45) is 7.13. The van der Waals surface area contributed by atoms with Crippen LogP contribution >= 0.6 is 0 Å². The van der Waals surface area contributed by atoms with Gasteiger partial charge in [-0.3, -0.25) is 9.67 Å². The van der Waals surface area contributed by atoms with E-state index in [1.807, 2.05) is 22.9 Å². The van der Waals surface area contributed by atoms with Gasteiger partial charge in [0.25, 0.3) is 0 Å². The molecule has 168 valence electrons. The van der Waals surface area contributed by atoms with Gasteiger partial charge >= 0.3 is 5.97 Å². The van der Waals surface area contributed by atoms with Crippen LogP contribution in [0.4, 0.5) is 11.5 Å². The first-order chi connectivity index (χ1) is 16.2. The molecule has 0 amide bonds. The lowest BCUT2D eigenvalue weighted by Gasteiger charge is -2.13. The number of anilines is 2. The normalized spacial score (nSPS) is 13.2. The lowest BCUT2D eigenvalue weighted by Crippen LogP contribution is -2.09. The molecule has 0 bridgehead atoms. The van der Waals surface area contributed by atoms with Crippen molar-refractivity contribution in [2.24, 2.45) is 5.92 Å². The van der Waals surface area contributed by atoms with Crippen molar-refractivity contribution in [3.8, 4) is 17.3 Å². The molecule has 1 saturated carbocycles. The zero-order valence-electron chi connectivity index (χ0n) is 18.5. The highest BCUT2D eigenvalue weighted by Gasteiger charge is 2.25. The zero-order valence-corrected chi connectivity index (χ0v) is 18.5. The Morgan fingerprint density at radius 3 is 2.85 bits per heavy atom. The van der Waals surface area contributed by atoms with Gasteiger partial charge in [0.05, 0.1) is 31.1 Å². The molecule has 0 aliphatic heterocycles. The number of pyridine rings is 1. The molecule has 9 nitrogen and oxygen atoms in total. The van der Waals surface area contributed by atoms with Crippen LogP contribution in [0.3, 0.4) is 0 Å². The Labute approximate surface area is 190 Å². The molecule has 1 aromatic carbocycles. The molecule has 0 saturated heterocycles. The van der Waals surface area contributed by atoms with E-state index in [2.05, 4.69) is 21.4 Å². The van der Waals surface area contributed by atoms with Crippen LogP contribution in [0.5, 0.6) is 5.75 Å². The van der Waals surface area contributed by atoms with E-state index in [4.69, 9.17) is 19.6 Å². The largest absolute Gasteiger partial charge is 0.491 e. The number of nitrogens with zero attached hydrogens (tertiary/aromatic N) is 5. The third kappa shape index (κ3) is 4.21. The first kappa shape index (κ1) is 20.9. The molecule has 0 spiro atoms. The Bertz CT molecular complexity index is 1310. The molecular weight excluding hydrogens is 420 g/mol. The number of benzene rings is 1. The van der Waals surface area contributed by atoms with Gasteiger partial charge in [0.1, 0.15) is 11.3 Å². The van der Waals surface area contributed by atoms with Crippen LogP contribution in [0.2, 0.25) is 0 Å². The van der Waals surface area contributed by atoms with Crippen LogP contribution in [0.15, 0.2) is 48.9 Å².